The molecule has 2 aliphatic carbocycles. The number of halogens is 5. The summed E-state index contributed by atoms with van der Waals surface area (Å²) in [5, 5.41) is 15.9. The maximum Gasteiger partial charge on any atom is 0.408 e. The molecule has 2 aliphatic rings. The molecule has 2 aromatic rings. The van der Waals surface area contributed by atoms with E-state index in [-0.39, 0.29) is 22.6 Å². The van der Waals surface area contributed by atoms with E-state index in [1.165, 1.54) is 24.3 Å². The first-order valence-corrected chi connectivity index (χ1v) is 13.1. The maximum atomic E-state index is 14.4. The molecule has 1 N–H and O–H groups in total. The average molecular weight is 531 g/mol. The number of carbonyl (C=O) groups is 1. The van der Waals surface area contributed by atoms with Gasteiger partial charge in [0.05, 0.1) is 22.6 Å². The van der Waals surface area contributed by atoms with Gasteiger partial charge in [-0.3, -0.25) is 9.48 Å². The van der Waals surface area contributed by atoms with E-state index in [1.54, 1.807) is 0 Å². The highest BCUT2D eigenvalue weighted by atomic mass is 32.2. The second-order valence-electron chi connectivity index (χ2n) is 9.53. The number of hydrogen-bond donors (Lipinski definition) is 1. The highest BCUT2D eigenvalue weighted by molar-refractivity contribution is 7.90. The Labute approximate surface area is 204 Å². The number of rotatable bonds is 6. The van der Waals surface area contributed by atoms with Crippen LogP contribution in [0, 0.1) is 17.2 Å². The van der Waals surface area contributed by atoms with Gasteiger partial charge in [-0.2, -0.15) is 23.5 Å². The molecule has 0 radical (unpaired) electrons. The van der Waals surface area contributed by atoms with Crippen molar-refractivity contribution in [3.05, 3.63) is 36.2 Å². The molecule has 194 valence electrons. The van der Waals surface area contributed by atoms with Gasteiger partial charge in [0.1, 0.15) is 12.1 Å². The number of nitrogens with one attached hydrogen (secondary N) is 1. The monoisotopic (exact) mass is 530 g/mol. The molecular formula is C23H23F5N4O3S. The fraction of sp³-hybridized carbons (Fsp3) is 0.522. The first-order valence-electron chi connectivity index (χ1n) is 11.2. The fourth-order valence-corrected chi connectivity index (χ4v) is 5.16. The minimum Gasteiger partial charge on any atom is -0.338 e. The topological polar surface area (TPSA) is 105 Å². The van der Waals surface area contributed by atoms with Gasteiger partial charge < -0.3 is 5.32 Å². The zero-order chi connectivity index (χ0) is 26.5. The number of benzene rings is 1. The lowest BCUT2D eigenvalue weighted by molar-refractivity contribution is -0.142. The van der Waals surface area contributed by atoms with Crippen LogP contribution in [0.15, 0.2) is 35.4 Å². The van der Waals surface area contributed by atoms with E-state index in [9.17, 15) is 40.4 Å². The number of nitrogens with zero attached hydrogens (tertiary/aromatic N) is 3. The van der Waals surface area contributed by atoms with Crippen LogP contribution in [0.1, 0.15) is 43.7 Å². The molecule has 1 amide bonds. The molecule has 1 aromatic heterocycles. The van der Waals surface area contributed by atoms with Gasteiger partial charge in [-0.15, -0.1) is 0 Å². The molecular weight excluding hydrogens is 507 g/mol. The quantitative estimate of drug-likeness (QED) is 0.564. The molecule has 13 heteroatoms. The minimum atomic E-state index is -4.61. The van der Waals surface area contributed by atoms with Crippen molar-refractivity contribution in [1.82, 2.24) is 15.1 Å². The Balaban J connectivity index is 1.76. The number of aromatic nitrogens is 2. The SMILES string of the molecule is CS(=O)(=O)c1ccc(-c2cn(CC(F)(F)F)nc2[C@@H]2CCC(F)(F)C[C@H]2C(=O)NC2(C#N)CC2)cc1. The summed E-state index contributed by atoms with van der Waals surface area (Å²) >= 11 is 0. The lowest BCUT2D eigenvalue weighted by Gasteiger charge is -2.35. The summed E-state index contributed by atoms with van der Waals surface area (Å²) in [5.74, 6) is -6.17. The molecule has 0 bridgehead atoms. The van der Waals surface area contributed by atoms with Gasteiger partial charge in [-0.25, -0.2) is 17.2 Å². The summed E-state index contributed by atoms with van der Waals surface area (Å²) in [6, 6.07) is 7.35. The van der Waals surface area contributed by atoms with Crippen LogP contribution in [0.25, 0.3) is 11.1 Å². The standard InChI is InChI=1S/C23H23F5N4O3S/c1-36(34,35)15-4-2-14(3-5-15)18-11-32(13-23(26,27)28)31-19(18)16-6-7-22(24,25)10-17(16)20(33)30-21(12-29)8-9-21/h2-5,11,16-17H,6-10,13H2,1H3,(H,30,33)/t16-,17-/m1/s1. The van der Waals surface area contributed by atoms with Crippen molar-refractivity contribution >= 4 is 15.7 Å². The second kappa shape index (κ2) is 8.83. The van der Waals surface area contributed by atoms with Crippen LogP contribution in [-0.2, 0) is 21.2 Å². The molecule has 7 nitrogen and oxygen atoms in total. The van der Waals surface area contributed by atoms with Gasteiger partial charge in [0, 0.05) is 36.8 Å². The van der Waals surface area contributed by atoms with Crippen molar-refractivity contribution in [3.63, 3.8) is 0 Å². The Bertz CT molecular complexity index is 1310. The lowest BCUT2D eigenvalue weighted by atomic mass is 9.74. The van der Waals surface area contributed by atoms with Crippen molar-refractivity contribution in [2.24, 2.45) is 5.92 Å². The van der Waals surface area contributed by atoms with Crippen molar-refractivity contribution in [3.8, 4) is 17.2 Å². The van der Waals surface area contributed by atoms with E-state index in [0.717, 1.165) is 12.5 Å². The zero-order valence-electron chi connectivity index (χ0n) is 19.1. The van der Waals surface area contributed by atoms with Crippen LogP contribution in [0.2, 0.25) is 0 Å². The predicted molar refractivity (Wildman–Crippen MR) is 118 cm³/mol. The smallest absolute Gasteiger partial charge is 0.338 e. The number of nitriles is 1. The normalized spacial score (nSPS) is 23.0. The summed E-state index contributed by atoms with van der Waals surface area (Å²) < 4.78 is 92.4. The van der Waals surface area contributed by atoms with Gasteiger partial charge in [-0.1, -0.05) is 12.1 Å². The molecule has 0 spiro atoms. The molecule has 1 aromatic carbocycles. The third-order valence-electron chi connectivity index (χ3n) is 6.56. The van der Waals surface area contributed by atoms with E-state index in [4.69, 9.17) is 0 Å². The summed E-state index contributed by atoms with van der Waals surface area (Å²) in [4.78, 5) is 13.0. The fourth-order valence-electron chi connectivity index (χ4n) is 4.53. The van der Waals surface area contributed by atoms with Crippen molar-refractivity contribution in [2.75, 3.05) is 6.26 Å². The maximum absolute atomic E-state index is 14.4. The number of carbonyl (C=O) groups excluding carboxylic acids is 1. The molecule has 0 aliphatic heterocycles. The van der Waals surface area contributed by atoms with Gasteiger partial charge in [0.15, 0.2) is 9.84 Å². The second-order valence-corrected chi connectivity index (χ2v) is 11.5. The first kappa shape index (κ1) is 26.1. The Morgan fingerprint density at radius 3 is 2.39 bits per heavy atom. The van der Waals surface area contributed by atoms with E-state index in [2.05, 4.69) is 10.4 Å². The molecule has 2 atom stereocenters. The lowest BCUT2D eigenvalue weighted by Crippen LogP contribution is -2.45. The highest BCUT2D eigenvalue weighted by Crippen LogP contribution is 2.48. The van der Waals surface area contributed by atoms with Crippen LogP contribution in [0.3, 0.4) is 0 Å². The van der Waals surface area contributed by atoms with Crippen molar-refractivity contribution in [2.45, 2.75) is 67.1 Å². The van der Waals surface area contributed by atoms with Gasteiger partial charge >= 0.3 is 6.18 Å². The number of hydrogen-bond acceptors (Lipinski definition) is 5. The molecule has 1 heterocycles. The first-order chi connectivity index (χ1) is 16.6. The van der Waals surface area contributed by atoms with Crippen LogP contribution >= 0.6 is 0 Å². The Morgan fingerprint density at radius 2 is 1.86 bits per heavy atom. The molecule has 4 rings (SSSR count). The van der Waals surface area contributed by atoms with Crippen LogP contribution in [-0.4, -0.2) is 48.0 Å². The molecule has 2 saturated carbocycles. The summed E-state index contributed by atoms with van der Waals surface area (Å²) in [6.45, 7) is -1.43. The van der Waals surface area contributed by atoms with Crippen molar-refractivity contribution < 1.29 is 35.2 Å². The number of alkyl halides is 5. The molecule has 2 fully saturated rings. The van der Waals surface area contributed by atoms with E-state index < -0.39 is 64.6 Å². The van der Waals surface area contributed by atoms with Gasteiger partial charge in [-0.05, 0) is 37.0 Å². The van der Waals surface area contributed by atoms with Crippen LogP contribution < -0.4 is 5.32 Å². The van der Waals surface area contributed by atoms with Crippen molar-refractivity contribution in [1.29, 1.82) is 5.26 Å². The van der Waals surface area contributed by atoms with Crippen LogP contribution in [0.5, 0.6) is 0 Å². The summed E-state index contributed by atoms with van der Waals surface area (Å²) in [7, 11) is -3.53. The Kier molecular flexibility index (Phi) is 6.39. The third kappa shape index (κ3) is 5.69. The van der Waals surface area contributed by atoms with Gasteiger partial charge in [0.2, 0.25) is 11.8 Å². The summed E-state index contributed by atoms with van der Waals surface area (Å²) in [5.41, 5.74) is -0.538. The Morgan fingerprint density at radius 1 is 1.22 bits per heavy atom. The van der Waals surface area contributed by atoms with E-state index in [0.29, 0.717) is 23.1 Å². The number of sulfone groups is 1. The van der Waals surface area contributed by atoms with E-state index in [1.807, 2.05) is 6.07 Å². The summed E-state index contributed by atoms with van der Waals surface area (Å²) in [6.07, 6.45) is -3.31. The molecule has 0 saturated heterocycles. The largest absolute Gasteiger partial charge is 0.408 e. The minimum absolute atomic E-state index is 0.00344. The average Bonchev–Trinajstić information content (AvgIpc) is 3.42. The molecule has 0 unspecified atom stereocenters. The van der Waals surface area contributed by atoms with Crippen LogP contribution in [0.4, 0.5) is 22.0 Å². The Hall–Kier alpha value is -3.01. The number of amides is 1. The zero-order valence-corrected chi connectivity index (χ0v) is 20.0. The van der Waals surface area contributed by atoms with E-state index >= 15 is 0 Å². The molecule has 36 heavy (non-hydrogen) atoms. The van der Waals surface area contributed by atoms with Gasteiger partial charge in [0.25, 0.3) is 0 Å². The third-order valence-corrected chi connectivity index (χ3v) is 7.69. The highest BCUT2D eigenvalue weighted by Gasteiger charge is 2.51. The predicted octanol–water partition coefficient (Wildman–Crippen LogP) is 4.21.